The van der Waals surface area contributed by atoms with E-state index in [-0.39, 0.29) is 17.6 Å². The van der Waals surface area contributed by atoms with Crippen LogP contribution >= 0.6 is 43.5 Å². The fraction of sp³-hybridized carbons (Fsp3) is 0.600. The summed E-state index contributed by atoms with van der Waals surface area (Å²) in [5.74, 6) is 2.46. The van der Waals surface area contributed by atoms with Gasteiger partial charge in [-0.25, -0.2) is 0 Å². The van der Waals surface area contributed by atoms with Crippen LogP contribution in [0.3, 0.4) is 0 Å². The maximum absolute atomic E-state index is 6.34. The number of halogens is 3. The summed E-state index contributed by atoms with van der Waals surface area (Å²) in [6.07, 6.45) is 15.9. The van der Waals surface area contributed by atoms with Gasteiger partial charge in [-0.15, -0.1) is 18.0 Å². The van der Waals surface area contributed by atoms with Crippen molar-refractivity contribution in [3.05, 3.63) is 24.3 Å². The predicted molar refractivity (Wildman–Crippen MR) is 90.4 cm³/mol. The summed E-state index contributed by atoms with van der Waals surface area (Å²) in [4.78, 5) is 0.725. The third kappa shape index (κ3) is 6.04. The van der Waals surface area contributed by atoms with Crippen LogP contribution in [0.25, 0.3) is 0 Å². The molecule has 0 bridgehead atoms. The fourth-order valence-electron chi connectivity index (χ4n) is 1.88. The third-order valence-corrected chi connectivity index (χ3v) is 5.33. The second-order valence-electron chi connectivity index (χ2n) is 4.52. The van der Waals surface area contributed by atoms with Crippen LogP contribution in [0.2, 0.25) is 0 Å². The van der Waals surface area contributed by atoms with Crippen molar-refractivity contribution in [2.24, 2.45) is 0 Å². The van der Waals surface area contributed by atoms with Gasteiger partial charge in [-0.05, 0) is 25.3 Å². The second kappa shape index (κ2) is 9.23. The highest BCUT2D eigenvalue weighted by molar-refractivity contribution is 9.09. The smallest absolute Gasteiger partial charge is 0.0886 e. The van der Waals surface area contributed by atoms with Crippen LogP contribution in [-0.4, -0.2) is 27.2 Å². The highest BCUT2D eigenvalue weighted by atomic mass is 79.9. The summed E-state index contributed by atoms with van der Waals surface area (Å²) in [6, 6.07) is 0. The first-order valence-electron chi connectivity index (χ1n) is 6.45. The standard InChI is InChI=1S/C15H19Br2ClO/c1-3-5-6-7-13(18)15-10-12(17)14(19-15)9-8-11(16)4-2/h1,5-6,8-9,11-15H,4,7,10H2,2H3. The SMILES string of the molecule is C#CC=CCC(Cl)C1CC(Br)C(C=CC(Br)CC)O1. The van der Waals surface area contributed by atoms with Crippen molar-refractivity contribution in [2.75, 3.05) is 0 Å². The lowest BCUT2D eigenvalue weighted by atomic mass is 10.1. The number of hydrogen-bond acceptors (Lipinski definition) is 1. The molecule has 0 radical (unpaired) electrons. The summed E-state index contributed by atoms with van der Waals surface area (Å²) in [6.45, 7) is 2.14. The largest absolute Gasteiger partial charge is 0.368 e. The van der Waals surface area contributed by atoms with Gasteiger partial charge in [0.05, 0.1) is 17.6 Å². The number of ether oxygens (including phenoxy) is 1. The minimum atomic E-state index is -0.0333. The van der Waals surface area contributed by atoms with E-state index < -0.39 is 0 Å². The molecule has 0 aliphatic carbocycles. The van der Waals surface area contributed by atoms with Gasteiger partial charge in [0.15, 0.2) is 0 Å². The lowest BCUT2D eigenvalue weighted by Gasteiger charge is -2.16. The van der Waals surface area contributed by atoms with Crippen molar-refractivity contribution < 1.29 is 4.74 Å². The molecule has 1 fully saturated rings. The second-order valence-corrected chi connectivity index (χ2v) is 7.43. The highest BCUT2D eigenvalue weighted by Gasteiger charge is 2.35. The van der Waals surface area contributed by atoms with Crippen LogP contribution in [0.4, 0.5) is 0 Å². The molecule has 1 heterocycles. The van der Waals surface area contributed by atoms with E-state index in [4.69, 9.17) is 22.8 Å². The first kappa shape index (κ1) is 17.3. The van der Waals surface area contributed by atoms with Crippen LogP contribution in [0.15, 0.2) is 24.3 Å². The summed E-state index contributed by atoms with van der Waals surface area (Å²) >= 11 is 13.6. The van der Waals surface area contributed by atoms with Gasteiger partial charge in [-0.1, -0.05) is 62.9 Å². The summed E-state index contributed by atoms with van der Waals surface area (Å²) < 4.78 is 5.99. The molecule has 1 saturated heterocycles. The molecular formula is C15H19Br2ClO. The average Bonchev–Trinajstić information content (AvgIpc) is 2.77. The first-order chi connectivity index (χ1) is 9.08. The third-order valence-electron chi connectivity index (χ3n) is 3.02. The van der Waals surface area contributed by atoms with Crippen molar-refractivity contribution in [2.45, 2.75) is 53.4 Å². The van der Waals surface area contributed by atoms with E-state index in [1.54, 1.807) is 6.08 Å². The number of terminal acetylenes is 1. The Kier molecular flexibility index (Phi) is 8.41. The van der Waals surface area contributed by atoms with Gasteiger partial charge in [0.25, 0.3) is 0 Å². The van der Waals surface area contributed by atoms with Gasteiger partial charge in [0, 0.05) is 9.65 Å². The van der Waals surface area contributed by atoms with Gasteiger partial charge >= 0.3 is 0 Å². The van der Waals surface area contributed by atoms with Gasteiger partial charge in [-0.3, -0.25) is 0 Å². The quantitative estimate of drug-likeness (QED) is 0.346. The topological polar surface area (TPSA) is 9.23 Å². The molecule has 0 amide bonds. The van der Waals surface area contributed by atoms with E-state index >= 15 is 0 Å². The summed E-state index contributed by atoms with van der Waals surface area (Å²) in [7, 11) is 0. The van der Waals surface area contributed by atoms with Crippen LogP contribution in [-0.2, 0) is 4.74 Å². The van der Waals surface area contributed by atoms with Crippen molar-refractivity contribution in [1.29, 1.82) is 0 Å². The normalized spacial score (nSPS) is 30.8. The van der Waals surface area contributed by atoms with E-state index in [0.29, 0.717) is 9.65 Å². The van der Waals surface area contributed by atoms with Crippen LogP contribution in [0.1, 0.15) is 26.2 Å². The van der Waals surface area contributed by atoms with E-state index in [1.165, 1.54) is 0 Å². The molecule has 5 unspecified atom stereocenters. The van der Waals surface area contributed by atoms with Crippen LogP contribution in [0, 0.1) is 12.3 Å². The Morgan fingerprint density at radius 3 is 2.95 bits per heavy atom. The number of alkyl halides is 3. The maximum Gasteiger partial charge on any atom is 0.0886 e. The molecule has 19 heavy (non-hydrogen) atoms. The molecule has 0 saturated carbocycles. The molecule has 0 aromatic carbocycles. The Hall–Kier alpha value is 0.250. The molecule has 5 atom stereocenters. The molecule has 1 aliphatic heterocycles. The molecule has 0 aromatic rings. The fourth-order valence-corrected chi connectivity index (χ4v) is 2.99. The number of allylic oxidation sites excluding steroid dienone is 3. The van der Waals surface area contributed by atoms with Crippen molar-refractivity contribution >= 4 is 43.5 Å². The Morgan fingerprint density at radius 1 is 1.58 bits per heavy atom. The zero-order chi connectivity index (χ0) is 14.3. The van der Waals surface area contributed by atoms with Gasteiger partial charge in [-0.2, -0.15) is 0 Å². The lowest BCUT2D eigenvalue weighted by molar-refractivity contribution is 0.0697. The molecule has 1 rings (SSSR count). The Labute approximate surface area is 138 Å². The minimum Gasteiger partial charge on any atom is -0.368 e. The molecule has 1 aliphatic rings. The van der Waals surface area contributed by atoms with Crippen LogP contribution < -0.4 is 0 Å². The van der Waals surface area contributed by atoms with Gasteiger partial charge in [0.2, 0.25) is 0 Å². The van der Waals surface area contributed by atoms with E-state index in [1.807, 2.05) is 6.08 Å². The maximum atomic E-state index is 6.34. The minimum absolute atomic E-state index is 0.0333. The Balaban J connectivity index is 2.48. The van der Waals surface area contributed by atoms with Gasteiger partial charge in [0.1, 0.15) is 0 Å². The first-order valence-corrected chi connectivity index (χ1v) is 8.72. The van der Waals surface area contributed by atoms with Crippen molar-refractivity contribution in [1.82, 2.24) is 0 Å². The zero-order valence-electron chi connectivity index (χ0n) is 10.9. The Bertz CT molecular complexity index is 362. The summed E-state index contributed by atoms with van der Waals surface area (Å²) in [5, 5.41) is -0.0333. The molecule has 4 heteroatoms. The molecule has 106 valence electrons. The zero-order valence-corrected chi connectivity index (χ0v) is 14.9. The van der Waals surface area contributed by atoms with E-state index in [0.717, 1.165) is 19.3 Å². The van der Waals surface area contributed by atoms with E-state index in [2.05, 4.69) is 56.9 Å². The van der Waals surface area contributed by atoms with Crippen molar-refractivity contribution in [3.8, 4) is 12.3 Å². The van der Waals surface area contributed by atoms with Crippen molar-refractivity contribution in [3.63, 3.8) is 0 Å². The predicted octanol–water partition coefficient (Wildman–Crippen LogP) is 4.82. The average molecular weight is 411 g/mol. The highest BCUT2D eigenvalue weighted by Crippen LogP contribution is 2.32. The monoisotopic (exact) mass is 408 g/mol. The molecule has 1 nitrogen and oxygen atoms in total. The van der Waals surface area contributed by atoms with Gasteiger partial charge < -0.3 is 4.74 Å². The number of hydrogen-bond donors (Lipinski definition) is 0. The van der Waals surface area contributed by atoms with Crippen LogP contribution in [0.5, 0.6) is 0 Å². The summed E-state index contributed by atoms with van der Waals surface area (Å²) in [5.41, 5.74) is 0. The Morgan fingerprint density at radius 2 is 2.32 bits per heavy atom. The number of rotatable bonds is 6. The molecular weight excluding hydrogens is 391 g/mol. The molecule has 0 aromatic heterocycles. The van der Waals surface area contributed by atoms with E-state index in [9.17, 15) is 0 Å². The lowest BCUT2D eigenvalue weighted by Crippen LogP contribution is -2.20. The molecule has 0 spiro atoms. The molecule has 0 N–H and O–H groups in total.